The van der Waals surface area contributed by atoms with Crippen molar-refractivity contribution in [2.75, 3.05) is 25.5 Å². The third kappa shape index (κ3) is 1.82. The van der Waals surface area contributed by atoms with Crippen molar-refractivity contribution in [3.63, 3.8) is 0 Å². The molecular weight excluding hydrogens is 196 g/mol. The van der Waals surface area contributed by atoms with Crippen molar-refractivity contribution in [1.82, 2.24) is 0 Å². The largest absolute Gasteiger partial charge is 0.377 e. The highest BCUT2D eigenvalue weighted by molar-refractivity contribution is 5.56. The lowest BCUT2D eigenvalue weighted by Gasteiger charge is -2.44. The van der Waals surface area contributed by atoms with Gasteiger partial charge in [-0.25, -0.2) is 0 Å². The van der Waals surface area contributed by atoms with E-state index >= 15 is 0 Å². The summed E-state index contributed by atoms with van der Waals surface area (Å²) in [7, 11) is 4.24. The van der Waals surface area contributed by atoms with Crippen LogP contribution >= 0.6 is 0 Å². The van der Waals surface area contributed by atoms with E-state index in [0.717, 1.165) is 13.0 Å². The van der Waals surface area contributed by atoms with Gasteiger partial charge < -0.3 is 10.6 Å². The smallest absolute Gasteiger partial charge is 0.0399 e. The molecule has 0 radical (unpaired) electrons. The lowest BCUT2D eigenvalue weighted by atomic mass is 9.62. The highest BCUT2D eigenvalue weighted by Gasteiger charge is 2.39. The molecule has 16 heavy (non-hydrogen) atoms. The zero-order valence-electron chi connectivity index (χ0n) is 10.4. The molecule has 1 aromatic carbocycles. The van der Waals surface area contributed by atoms with Crippen LogP contribution in [-0.4, -0.2) is 20.6 Å². The van der Waals surface area contributed by atoms with Crippen LogP contribution in [0.5, 0.6) is 0 Å². The van der Waals surface area contributed by atoms with E-state index in [1.807, 2.05) is 0 Å². The van der Waals surface area contributed by atoms with Gasteiger partial charge in [-0.2, -0.15) is 0 Å². The number of rotatable bonds is 4. The average Bonchev–Trinajstić information content (AvgIpc) is 2.23. The summed E-state index contributed by atoms with van der Waals surface area (Å²) < 4.78 is 0. The molecule has 88 valence electrons. The first-order valence-electron chi connectivity index (χ1n) is 6.16. The number of hydrogen-bond acceptors (Lipinski definition) is 2. The van der Waals surface area contributed by atoms with Gasteiger partial charge in [0.2, 0.25) is 0 Å². The molecule has 1 aromatic rings. The molecule has 1 saturated carbocycles. The van der Waals surface area contributed by atoms with Gasteiger partial charge in [0.15, 0.2) is 0 Å². The van der Waals surface area contributed by atoms with Gasteiger partial charge in [-0.3, -0.25) is 0 Å². The second kappa shape index (κ2) is 4.46. The van der Waals surface area contributed by atoms with Gasteiger partial charge in [0.25, 0.3) is 0 Å². The number of hydrogen-bond donors (Lipinski definition) is 1. The van der Waals surface area contributed by atoms with Crippen molar-refractivity contribution >= 4 is 5.69 Å². The summed E-state index contributed by atoms with van der Waals surface area (Å²) >= 11 is 0. The van der Waals surface area contributed by atoms with Gasteiger partial charge in [0, 0.05) is 19.8 Å². The molecule has 0 unspecified atom stereocenters. The van der Waals surface area contributed by atoms with E-state index in [1.54, 1.807) is 0 Å². The van der Waals surface area contributed by atoms with E-state index in [2.05, 4.69) is 43.3 Å². The molecule has 0 aliphatic heterocycles. The Bertz CT molecular complexity index is 354. The summed E-state index contributed by atoms with van der Waals surface area (Å²) in [5, 5.41) is 0. The molecule has 1 fully saturated rings. The topological polar surface area (TPSA) is 29.3 Å². The van der Waals surface area contributed by atoms with Gasteiger partial charge in [0.05, 0.1) is 0 Å². The fourth-order valence-corrected chi connectivity index (χ4v) is 2.85. The Labute approximate surface area is 98.4 Å². The van der Waals surface area contributed by atoms with Crippen LogP contribution in [0.3, 0.4) is 0 Å². The molecule has 0 saturated heterocycles. The SMILES string of the molecule is CN(C)c1ccccc1C1(CCN)CCC1. The summed E-state index contributed by atoms with van der Waals surface area (Å²) in [4.78, 5) is 2.21. The van der Waals surface area contributed by atoms with Gasteiger partial charge in [-0.05, 0) is 42.9 Å². The minimum Gasteiger partial charge on any atom is -0.377 e. The summed E-state index contributed by atoms with van der Waals surface area (Å²) in [6.07, 6.45) is 5.07. The molecule has 0 aromatic heterocycles. The van der Waals surface area contributed by atoms with Crippen molar-refractivity contribution in [3.8, 4) is 0 Å². The van der Waals surface area contributed by atoms with Crippen LogP contribution < -0.4 is 10.6 Å². The predicted octanol–water partition coefficient (Wildman–Crippen LogP) is 2.52. The highest BCUT2D eigenvalue weighted by atomic mass is 15.1. The fourth-order valence-electron chi connectivity index (χ4n) is 2.85. The van der Waals surface area contributed by atoms with Crippen molar-refractivity contribution in [3.05, 3.63) is 29.8 Å². The van der Waals surface area contributed by atoms with Gasteiger partial charge in [-0.15, -0.1) is 0 Å². The van der Waals surface area contributed by atoms with Crippen LogP contribution in [0.2, 0.25) is 0 Å². The third-order valence-electron chi connectivity index (χ3n) is 3.89. The molecule has 2 heteroatoms. The number of anilines is 1. The summed E-state index contributed by atoms with van der Waals surface area (Å²) in [5.74, 6) is 0. The van der Waals surface area contributed by atoms with Gasteiger partial charge in [-0.1, -0.05) is 24.6 Å². The van der Waals surface area contributed by atoms with E-state index in [-0.39, 0.29) is 0 Å². The minimum absolute atomic E-state index is 0.371. The average molecular weight is 218 g/mol. The molecule has 2 rings (SSSR count). The molecule has 0 atom stereocenters. The maximum absolute atomic E-state index is 5.77. The van der Waals surface area contributed by atoms with Crippen LogP contribution in [0, 0.1) is 0 Å². The third-order valence-corrected chi connectivity index (χ3v) is 3.89. The van der Waals surface area contributed by atoms with E-state index in [4.69, 9.17) is 5.73 Å². The normalized spacial score (nSPS) is 17.9. The molecule has 0 amide bonds. The number of nitrogens with zero attached hydrogens (tertiary/aromatic N) is 1. The standard InChI is InChI=1S/C14H22N2/c1-16(2)13-7-4-3-6-12(13)14(10-11-15)8-5-9-14/h3-4,6-7H,5,8-11,15H2,1-2H3. The Morgan fingerprint density at radius 2 is 1.94 bits per heavy atom. The summed E-state index contributed by atoms with van der Waals surface area (Å²) in [6.45, 7) is 0.793. The van der Waals surface area contributed by atoms with Crippen molar-refractivity contribution in [2.24, 2.45) is 5.73 Å². The van der Waals surface area contributed by atoms with Crippen molar-refractivity contribution in [2.45, 2.75) is 31.1 Å². The van der Waals surface area contributed by atoms with E-state index in [0.29, 0.717) is 5.41 Å². The molecule has 0 spiro atoms. The summed E-state index contributed by atoms with van der Waals surface area (Å²) in [5.41, 5.74) is 9.00. The Morgan fingerprint density at radius 1 is 1.25 bits per heavy atom. The molecular formula is C14H22N2. The van der Waals surface area contributed by atoms with E-state index in [1.165, 1.54) is 30.5 Å². The molecule has 0 heterocycles. The van der Waals surface area contributed by atoms with E-state index < -0.39 is 0 Å². The zero-order valence-corrected chi connectivity index (χ0v) is 10.4. The Kier molecular flexibility index (Phi) is 3.20. The maximum Gasteiger partial charge on any atom is 0.0399 e. The molecule has 1 aliphatic carbocycles. The van der Waals surface area contributed by atoms with Gasteiger partial charge >= 0.3 is 0 Å². The minimum atomic E-state index is 0.371. The maximum atomic E-state index is 5.77. The lowest BCUT2D eigenvalue weighted by molar-refractivity contribution is 0.230. The molecule has 2 nitrogen and oxygen atoms in total. The predicted molar refractivity (Wildman–Crippen MR) is 70.0 cm³/mol. The fraction of sp³-hybridized carbons (Fsp3) is 0.571. The number of para-hydroxylation sites is 1. The van der Waals surface area contributed by atoms with Gasteiger partial charge in [0.1, 0.15) is 0 Å². The summed E-state index contributed by atoms with van der Waals surface area (Å²) in [6, 6.07) is 8.77. The van der Waals surface area contributed by atoms with Crippen molar-refractivity contribution in [1.29, 1.82) is 0 Å². The lowest BCUT2D eigenvalue weighted by Crippen LogP contribution is -2.37. The number of benzene rings is 1. The quantitative estimate of drug-likeness (QED) is 0.841. The second-order valence-corrected chi connectivity index (χ2v) is 5.08. The molecule has 1 aliphatic rings. The first kappa shape index (κ1) is 11.5. The zero-order chi connectivity index (χ0) is 11.6. The van der Waals surface area contributed by atoms with Crippen LogP contribution in [0.15, 0.2) is 24.3 Å². The Hall–Kier alpha value is -1.02. The van der Waals surface area contributed by atoms with E-state index in [9.17, 15) is 0 Å². The Morgan fingerprint density at radius 3 is 2.44 bits per heavy atom. The van der Waals surface area contributed by atoms with Crippen molar-refractivity contribution < 1.29 is 0 Å². The first-order chi connectivity index (χ1) is 7.69. The van der Waals surface area contributed by atoms with Crippen LogP contribution in [0.4, 0.5) is 5.69 Å². The van der Waals surface area contributed by atoms with Crippen LogP contribution in [0.1, 0.15) is 31.2 Å². The monoisotopic (exact) mass is 218 g/mol. The Balaban J connectivity index is 2.37. The number of nitrogens with two attached hydrogens (primary N) is 1. The first-order valence-corrected chi connectivity index (χ1v) is 6.16. The van der Waals surface area contributed by atoms with Crippen LogP contribution in [0.25, 0.3) is 0 Å². The molecule has 0 bridgehead atoms. The van der Waals surface area contributed by atoms with Crippen LogP contribution in [-0.2, 0) is 5.41 Å². The molecule has 2 N–H and O–H groups in total. The second-order valence-electron chi connectivity index (χ2n) is 5.08. The highest BCUT2D eigenvalue weighted by Crippen LogP contribution is 2.48.